The van der Waals surface area contributed by atoms with E-state index in [1.807, 2.05) is 0 Å². The average Bonchev–Trinajstić information content (AvgIpc) is 2.89. The zero-order valence-electron chi connectivity index (χ0n) is 10.6. The average molecular weight is 238 g/mol. The topological polar surface area (TPSA) is 35.5 Å². The standard InChI is InChI=1S/C14H22O3/c1-10-12(2-3-13(10)15)11-4-6-17-14(8-11)5-7-16-9-14/h10-12H,2-9H2,1H3. The van der Waals surface area contributed by atoms with Crippen LogP contribution >= 0.6 is 0 Å². The van der Waals surface area contributed by atoms with Crippen LogP contribution in [0.15, 0.2) is 0 Å². The molecule has 1 saturated carbocycles. The summed E-state index contributed by atoms with van der Waals surface area (Å²) in [6.45, 7) is 4.57. The van der Waals surface area contributed by atoms with Gasteiger partial charge in [-0.25, -0.2) is 0 Å². The zero-order valence-corrected chi connectivity index (χ0v) is 10.6. The molecular weight excluding hydrogens is 216 g/mol. The van der Waals surface area contributed by atoms with Crippen LogP contribution in [0.4, 0.5) is 0 Å². The molecule has 96 valence electrons. The molecule has 0 radical (unpaired) electrons. The van der Waals surface area contributed by atoms with Crippen LogP contribution in [-0.4, -0.2) is 31.2 Å². The molecule has 1 spiro atoms. The second kappa shape index (κ2) is 4.36. The van der Waals surface area contributed by atoms with E-state index in [2.05, 4.69) is 6.92 Å². The lowest BCUT2D eigenvalue weighted by Gasteiger charge is -2.40. The quantitative estimate of drug-likeness (QED) is 0.702. The molecule has 4 unspecified atom stereocenters. The van der Waals surface area contributed by atoms with Crippen molar-refractivity contribution in [1.82, 2.24) is 0 Å². The van der Waals surface area contributed by atoms with Crippen LogP contribution in [-0.2, 0) is 14.3 Å². The van der Waals surface area contributed by atoms with Gasteiger partial charge in [-0.3, -0.25) is 4.79 Å². The number of ketones is 1. The Bertz CT molecular complexity index is 307. The maximum absolute atomic E-state index is 11.7. The maximum Gasteiger partial charge on any atom is 0.135 e. The van der Waals surface area contributed by atoms with Crippen molar-refractivity contribution in [2.24, 2.45) is 17.8 Å². The predicted molar refractivity (Wildman–Crippen MR) is 63.7 cm³/mol. The second-order valence-corrected chi connectivity index (χ2v) is 6.04. The van der Waals surface area contributed by atoms with Gasteiger partial charge < -0.3 is 9.47 Å². The van der Waals surface area contributed by atoms with Gasteiger partial charge in [-0.05, 0) is 31.1 Å². The van der Waals surface area contributed by atoms with Gasteiger partial charge in [-0.1, -0.05) is 6.92 Å². The van der Waals surface area contributed by atoms with Crippen LogP contribution in [0.2, 0.25) is 0 Å². The molecule has 2 saturated heterocycles. The molecule has 0 aromatic heterocycles. The van der Waals surface area contributed by atoms with Gasteiger partial charge in [-0.15, -0.1) is 0 Å². The summed E-state index contributed by atoms with van der Waals surface area (Å²) < 4.78 is 11.5. The van der Waals surface area contributed by atoms with Gasteiger partial charge in [0, 0.05) is 32.0 Å². The van der Waals surface area contributed by atoms with E-state index in [1.165, 1.54) is 0 Å². The Kier molecular flexibility index (Phi) is 2.99. The van der Waals surface area contributed by atoms with Crippen LogP contribution in [0, 0.1) is 17.8 Å². The Hall–Kier alpha value is -0.410. The van der Waals surface area contributed by atoms with E-state index in [0.717, 1.165) is 51.9 Å². The van der Waals surface area contributed by atoms with Crippen LogP contribution in [0.5, 0.6) is 0 Å². The third-order valence-electron chi connectivity index (χ3n) is 5.08. The molecule has 2 heterocycles. The highest BCUT2D eigenvalue weighted by Gasteiger charge is 2.45. The summed E-state index contributed by atoms with van der Waals surface area (Å²) in [4.78, 5) is 11.7. The minimum absolute atomic E-state index is 0.00568. The van der Waals surface area contributed by atoms with Crippen LogP contribution in [0.1, 0.15) is 39.0 Å². The van der Waals surface area contributed by atoms with Gasteiger partial charge in [0.15, 0.2) is 0 Å². The van der Waals surface area contributed by atoms with Gasteiger partial charge >= 0.3 is 0 Å². The van der Waals surface area contributed by atoms with Crippen molar-refractivity contribution < 1.29 is 14.3 Å². The van der Waals surface area contributed by atoms with Gasteiger partial charge in [0.1, 0.15) is 5.78 Å². The largest absolute Gasteiger partial charge is 0.378 e. The number of carbonyl (C=O) groups is 1. The summed E-state index contributed by atoms with van der Waals surface area (Å²) >= 11 is 0. The molecule has 3 fully saturated rings. The molecule has 3 rings (SSSR count). The molecule has 0 aromatic rings. The monoisotopic (exact) mass is 238 g/mol. The normalized spacial score (nSPS) is 46.9. The molecule has 4 atom stereocenters. The van der Waals surface area contributed by atoms with Crippen LogP contribution in [0.25, 0.3) is 0 Å². The second-order valence-electron chi connectivity index (χ2n) is 6.04. The molecular formula is C14H22O3. The van der Waals surface area contributed by atoms with Crippen molar-refractivity contribution >= 4 is 5.78 Å². The number of rotatable bonds is 1. The highest BCUT2D eigenvalue weighted by Crippen LogP contribution is 2.44. The van der Waals surface area contributed by atoms with Gasteiger partial charge in [-0.2, -0.15) is 0 Å². The van der Waals surface area contributed by atoms with Crippen molar-refractivity contribution in [3.63, 3.8) is 0 Å². The first kappa shape index (κ1) is 11.7. The lowest BCUT2D eigenvalue weighted by molar-refractivity contribution is -0.124. The summed E-state index contributed by atoms with van der Waals surface area (Å²) in [5.74, 6) is 2.02. The summed E-state index contributed by atoms with van der Waals surface area (Å²) in [6, 6.07) is 0. The van der Waals surface area contributed by atoms with Crippen molar-refractivity contribution in [3.8, 4) is 0 Å². The Morgan fingerprint density at radius 3 is 2.82 bits per heavy atom. The first-order valence-electron chi connectivity index (χ1n) is 6.95. The molecule has 0 bridgehead atoms. The summed E-state index contributed by atoms with van der Waals surface area (Å²) in [7, 11) is 0. The van der Waals surface area contributed by atoms with Gasteiger partial charge in [0.25, 0.3) is 0 Å². The Balaban J connectivity index is 1.69. The Morgan fingerprint density at radius 1 is 1.29 bits per heavy atom. The minimum atomic E-state index is -0.00568. The van der Waals surface area contributed by atoms with Gasteiger partial charge in [0.05, 0.1) is 12.2 Å². The first-order chi connectivity index (χ1) is 8.20. The fraction of sp³-hybridized carbons (Fsp3) is 0.929. The summed E-state index contributed by atoms with van der Waals surface area (Å²) in [6.07, 6.45) is 5.17. The molecule has 0 amide bonds. The van der Waals surface area contributed by atoms with E-state index in [4.69, 9.17) is 9.47 Å². The molecule has 0 N–H and O–H groups in total. The minimum Gasteiger partial charge on any atom is -0.378 e. The van der Waals surface area contributed by atoms with E-state index < -0.39 is 0 Å². The van der Waals surface area contributed by atoms with Crippen LogP contribution < -0.4 is 0 Å². The molecule has 3 aliphatic rings. The molecule has 0 aromatic carbocycles. The number of hydrogen-bond acceptors (Lipinski definition) is 3. The summed E-state index contributed by atoms with van der Waals surface area (Å²) in [5, 5.41) is 0. The number of ether oxygens (including phenoxy) is 2. The van der Waals surface area contributed by atoms with E-state index >= 15 is 0 Å². The molecule has 2 aliphatic heterocycles. The highest BCUT2D eigenvalue weighted by atomic mass is 16.6. The van der Waals surface area contributed by atoms with E-state index in [-0.39, 0.29) is 11.5 Å². The smallest absolute Gasteiger partial charge is 0.135 e. The van der Waals surface area contributed by atoms with E-state index in [9.17, 15) is 4.79 Å². The first-order valence-corrected chi connectivity index (χ1v) is 6.95. The predicted octanol–water partition coefficient (Wildman–Crippen LogP) is 2.19. The number of hydrogen-bond donors (Lipinski definition) is 0. The number of Topliss-reactive ketones (excluding diaryl/α,β-unsaturated/α-hetero) is 1. The molecule has 3 heteroatoms. The Morgan fingerprint density at radius 2 is 2.18 bits per heavy atom. The van der Waals surface area contributed by atoms with E-state index in [1.54, 1.807) is 0 Å². The lowest BCUT2D eigenvalue weighted by atomic mass is 9.74. The molecule has 3 nitrogen and oxygen atoms in total. The van der Waals surface area contributed by atoms with Crippen molar-refractivity contribution in [2.75, 3.05) is 19.8 Å². The number of carbonyl (C=O) groups excluding carboxylic acids is 1. The van der Waals surface area contributed by atoms with E-state index in [0.29, 0.717) is 17.6 Å². The maximum atomic E-state index is 11.7. The Labute approximate surface area is 103 Å². The van der Waals surface area contributed by atoms with Gasteiger partial charge in [0.2, 0.25) is 0 Å². The SMILES string of the molecule is CC1C(=O)CCC1C1CCOC2(CCOC2)C1. The van der Waals surface area contributed by atoms with Crippen molar-refractivity contribution in [1.29, 1.82) is 0 Å². The lowest BCUT2D eigenvalue weighted by Crippen LogP contribution is -2.42. The fourth-order valence-electron chi connectivity index (χ4n) is 3.96. The highest BCUT2D eigenvalue weighted by molar-refractivity contribution is 5.83. The third kappa shape index (κ3) is 2.04. The molecule has 1 aliphatic carbocycles. The van der Waals surface area contributed by atoms with Crippen molar-refractivity contribution in [3.05, 3.63) is 0 Å². The zero-order chi connectivity index (χ0) is 11.9. The fourth-order valence-corrected chi connectivity index (χ4v) is 3.96. The third-order valence-corrected chi connectivity index (χ3v) is 5.08. The summed E-state index contributed by atoms with van der Waals surface area (Å²) in [5.41, 5.74) is -0.00568. The van der Waals surface area contributed by atoms with Crippen LogP contribution in [0.3, 0.4) is 0 Å². The van der Waals surface area contributed by atoms with Crippen molar-refractivity contribution in [2.45, 2.75) is 44.6 Å². The molecule has 17 heavy (non-hydrogen) atoms.